The maximum absolute atomic E-state index is 11.8. The summed E-state index contributed by atoms with van der Waals surface area (Å²) < 4.78 is 2.74. The summed E-state index contributed by atoms with van der Waals surface area (Å²) in [4.78, 5) is 14.2. The van der Waals surface area contributed by atoms with Crippen LogP contribution in [0.3, 0.4) is 0 Å². The summed E-state index contributed by atoms with van der Waals surface area (Å²) in [6, 6.07) is 16.7. The molecule has 0 saturated carbocycles. The van der Waals surface area contributed by atoms with Crippen molar-refractivity contribution in [3.05, 3.63) is 69.3 Å². The normalized spacial score (nSPS) is 11.4. The quantitative estimate of drug-likeness (QED) is 0.757. The Kier molecular flexibility index (Phi) is 4.91. The van der Waals surface area contributed by atoms with Crippen LogP contribution in [0.5, 0.6) is 0 Å². The van der Waals surface area contributed by atoms with E-state index in [0.29, 0.717) is 6.54 Å². The predicted octanol–water partition coefficient (Wildman–Crippen LogP) is 2.56. The van der Waals surface area contributed by atoms with Crippen LogP contribution < -0.4 is 10.6 Å². The monoisotopic (exact) mass is 327 g/mol. The molecule has 0 atom stereocenters. The van der Waals surface area contributed by atoms with Crippen molar-refractivity contribution in [2.24, 2.45) is 12.8 Å². The average molecular weight is 327 g/mol. The summed E-state index contributed by atoms with van der Waals surface area (Å²) in [6.45, 7) is 3.19. The average Bonchev–Trinajstić information content (AvgIpc) is 2.83. The van der Waals surface area contributed by atoms with Gasteiger partial charge in [0.05, 0.1) is 10.2 Å². The number of nitrogens with two attached hydrogens (primary N) is 1. The third-order valence-corrected chi connectivity index (χ3v) is 4.95. The lowest BCUT2D eigenvalue weighted by molar-refractivity contribution is 0.264. The number of nitrogens with zero attached hydrogens (tertiary/aromatic N) is 2. The molecule has 0 saturated heterocycles. The molecule has 2 aromatic carbocycles. The predicted molar refractivity (Wildman–Crippen MR) is 96.7 cm³/mol. The number of thiazole rings is 1. The van der Waals surface area contributed by atoms with Crippen LogP contribution in [0.1, 0.15) is 11.1 Å². The SMILES string of the molecule is Cn1c(=O)sc2cc(CN(CCN)Cc3ccccc3)ccc21. The van der Waals surface area contributed by atoms with Gasteiger partial charge >= 0.3 is 4.87 Å². The van der Waals surface area contributed by atoms with E-state index in [2.05, 4.69) is 41.3 Å². The van der Waals surface area contributed by atoms with Gasteiger partial charge in [-0.05, 0) is 23.3 Å². The molecule has 4 nitrogen and oxygen atoms in total. The Morgan fingerprint density at radius 3 is 2.57 bits per heavy atom. The molecule has 2 N–H and O–H groups in total. The van der Waals surface area contributed by atoms with E-state index in [1.54, 1.807) is 4.57 Å². The molecule has 120 valence electrons. The fraction of sp³-hybridized carbons (Fsp3) is 0.278. The molecule has 3 aromatic rings. The smallest absolute Gasteiger partial charge is 0.307 e. The molecule has 0 aliphatic heterocycles. The molecule has 0 radical (unpaired) electrons. The van der Waals surface area contributed by atoms with Gasteiger partial charge in [-0.15, -0.1) is 0 Å². The van der Waals surface area contributed by atoms with Gasteiger partial charge in [0, 0.05) is 33.2 Å². The van der Waals surface area contributed by atoms with E-state index in [9.17, 15) is 4.79 Å². The van der Waals surface area contributed by atoms with Crippen molar-refractivity contribution in [1.82, 2.24) is 9.47 Å². The number of benzene rings is 2. The first-order chi connectivity index (χ1) is 11.2. The van der Waals surface area contributed by atoms with E-state index in [-0.39, 0.29) is 4.87 Å². The van der Waals surface area contributed by atoms with Crippen molar-refractivity contribution in [3.63, 3.8) is 0 Å². The van der Waals surface area contributed by atoms with Crippen molar-refractivity contribution in [2.45, 2.75) is 13.1 Å². The van der Waals surface area contributed by atoms with Crippen LogP contribution in [0.4, 0.5) is 0 Å². The maximum Gasteiger partial charge on any atom is 0.307 e. The Bertz CT molecular complexity index is 838. The first-order valence-electron chi connectivity index (χ1n) is 7.72. The molecule has 1 heterocycles. The molecule has 5 heteroatoms. The topological polar surface area (TPSA) is 51.3 Å². The van der Waals surface area contributed by atoms with Gasteiger partial charge in [0.25, 0.3) is 0 Å². The Hall–Kier alpha value is -1.95. The summed E-state index contributed by atoms with van der Waals surface area (Å²) >= 11 is 1.30. The number of aromatic nitrogens is 1. The van der Waals surface area contributed by atoms with Crippen molar-refractivity contribution in [1.29, 1.82) is 0 Å². The van der Waals surface area contributed by atoms with E-state index in [1.165, 1.54) is 22.5 Å². The lowest BCUT2D eigenvalue weighted by Crippen LogP contribution is -2.28. The van der Waals surface area contributed by atoms with Gasteiger partial charge in [-0.2, -0.15) is 0 Å². The highest BCUT2D eigenvalue weighted by molar-refractivity contribution is 7.16. The van der Waals surface area contributed by atoms with Gasteiger partial charge in [-0.25, -0.2) is 0 Å². The summed E-state index contributed by atoms with van der Waals surface area (Å²) in [6.07, 6.45) is 0. The summed E-state index contributed by atoms with van der Waals surface area (Å²) in [5.41, 5.74) is 9.26. The molecular weight excluding hydrogens is 306 g/mol. The Balaban J connectivity index is 1.80. The maximum atomic E-state index is 11.8. The van der Waals surface area contributed by atoms with Crippen molar-refractivity contribution in [3.8, 4) is 0 Å². The Labute approximate surface area is 139 Å². The highest BCUT2D eigenvalue weighted by atomic mass is 32.1. The van der Waals surface area contributed by atoms with Gasteiger partial charge in [-0.1, -0.05) is 47.7 Å². The lowest BCUT2D eigenvalue weighted by Gasteiger charge is -2.22. The zero-order chi connectivity index (χ0) is 16.2. The second-order valence-corrected chi connectivity index (χ2v) is 6.71. The van der Waals surface area contributed by atoms with Crippen LogP contribution in [0.15, 0.2) is 53.3 Å². The fourth-order valence-corrected chi connectivity index (χ4v) is 3.72. The minimum atomic E-state index is 0.0836. The van der Waals surface area contributed by atoms with Crippen molar-refractivity contribution >= 4 is 21.6 Å². The van der Waals surface area contributed by atoms with E-state index < -0.39 is 0 Å². The van der Waals surface area contributed by atoms with Crippen LogP contribution in [0, 0.1) is 0 Å². The Morgan fingerprint density at radius 2 is 1.83 bits per heavy atom. The third kappa shape index (κ3) is 3.69. The van der Waals surface area contributed by atoms with Gasteiger partial charge in [0.1, 0.15) is 0 Å². The van der Waals surface area contributed by atoms with Gasteiger partial charge in [0.15, 0.2) is 0 Å². The minimum absolute atomic E-state index is 0.0836. The zero-order valence-corrected chi connectivity index (χ0v) is 14.1. The minimum Gasteiger partial charge on any atom is -0.329 e. The van der Waals surface area contributed by atoms with Gasteiger partial charge in [0.2, 0.25) is 0 Å². The first kappa shape index (κ1) is 15.9. The molecule has 23 heavy (non-hydrogen) atoms. The standard InChI is InChI=1S/C18H21N3OS/c1-20-16-8-7-15(11-17(16)23-18(20)22)13-21(10-9-19)12-14-5-3-2-4-6-14/h2-8,11H,9-10,12-13,19H2,1H3. The van der Waals surface area contributed by atoms with Crippen LogP contribution in [-0.2, 0) is 20.1 Å². The van der Waals surface area contributed by atoms with Gasteiger partial charge < -0.3 is 10.3 Å². The first-order valence-corrected chi connectivity index (χ1v) is 8.54. The van der Waals surface area contributed by atoms with E-state index in [0.717, 1.165) is 29.9 Å². The Morgan fingerprint density at radius 1 is 1.09 bits per heavy atom. The highest BCUT2D eigenvalue weighted by Crippen LogP contribution is 2.19. The van der Waals surface area contributed by atoms with Crippen LogP contribution in [-0.4, -0.2) is 22.6 Å². The van der Waals surface area contributed by atoms with E-state index in [4.69, 9.17) is 5.73 Å². The van der Waals surface area contributed by atoms with E-state index in [1.807, 2.05) is 19.2 Å². The molecule has 1 aromatic heterocycles. The molecule has 0 spiro atoms. The second kappa shape index (κ2) is 7.08. The van der Waals surface area contributed by atoms with Crippen molar-refractivity contribution in [2.75, 3.05) is 13.1 Å². The molecule has 0 amide bonds. The molecule has 0 bridgehead atoms. The van der Waals surface area contributed by atoms with Crippen LogP contribution in [0.2, 0.25) is 0 Å². The van der Waals surface area contributed by atoms with E-state index >= 15 is 0 Å². The highest BCUT2D eigenvalue weighted by Gasteiger charge is 2.09. The van der Waals surface area contributed by atoms with Gasteiger partial charge in [-0.3, -0.25) is 9.69 Å². The number of fused-ring (bicyclic) bond motifs is 1. The fourth-order valence-electron chi connectivity index (χ4n) is 2.77. The summed E-state index contributed by atoms with van der Waals surface area (Å²) in [5.74, 6) is 0. The van der Waals surface area contributed by atoms with Crippen LogP contribution in [0.25, 0.3) is 10.2 Å². The molecule has 3 rings (SSSR count). The summed E-state index contributed by atoms with van der Waals surface area (Å²) in [7, 11) is 1.82. The third-order valence-electron chi connectivity index (χ3n) is 3.96. The summed E-state index contributed by atoms with van der Waals surface area (Å²) in [5, 5.41) is 0. The molecule has 0 aliphatic carbocycles. The molecule has 0 fully saturated rings. The second-order valence-electron chi connectivity index (χ2n) is 5.71. The molecular formula is C18H21N3OS. The zero-order valence-electron chi connectivity index (χ0n) is 13.2. The largest absolute Gasteiger partial charge is 0.329 e. The number of hydrogen-bond acceptors (Lipinski definition) is 4. The number of hydrogen-bond donors (Lipinski definition) is 1. The van der Waals surface area contributed by atoms with Crippen LogP contribution >= 0.6 is 11.3 Å². The molecule has 0 aliphatic rings. The lowest BCUT2D eigenvalue weighted by atomic mass is 10.1. The van der Waals surface area contributed by atoms with Crippen molar-refractivity contribution < 1.29 is 0 Å². The number of aryl methyl sites for hydroxylation is 1. The molecule has 0 unspecified atom stereocenters. The number of rotatable bonds is 6.